The molecule has 4 nitrogen and oxygen atoms in total. The fourth-order valence-corrected chi connectivity index (χ4v) is 4.06. The number of rotatable bonds is 5. The third-order valence-electron chi connectivity index (χ3n) is 3.74. The molecule has 0 radical (unpaired) electrons. The molecule has 0 amide bonds. The summed E-state index contributed by atoms with van der Waals surface area (Å²) in [5, 5.41) is 3.25. The molecule has 0 saturated carbocycles. The Hall–Kier alpha value is -1.07. The minimum atomic E-state index is -3.25. The Kier molecular flexibility index (Phi) is 5.05. The van der Waals surface area contributed by atoms with Crippen LogP contribution in [0.15, 0.2) is 24.3 Å². The highest BCUT2D eigenvalue weighted by Crippen LogP contribution is 2.21. The summed E-state index contributed by atoms with van der Waals surface area (Å²) < 4.78 is 27.1. The van der Waals surface area contributed by atoms with E-state index in [1.165, 1.54) is 0 Å². The van der Waals surface area contributed by atoms with Crippen LogP contribution in [0.2, 0.25) is 0 Å². The molecule has 0 aliphatic carbocycles. The number of benzene rings is 1. The van der Waals surface area contributed by atoms with Crippen molar-refractivity contribution in [3.05, 3.63) is 29.8 Å². The van der Waals surface area contributed by atoms with Gasteiger partial charge in [0.25, 0.3) is 0 Å². The summed E-state index contributed by atoms with van der Waals surface area (Å²) >= 11 is 0. The first-order valence-electron chi connectivity index (χ1n) is 7.27. The van der Waals surface area contributed by atoms with Crippen LogP contribution in [-0.2, 0) is 10.0 Å². The van der Waals surface area contributed by atoms with Crippen molar-refractivity contribution in [1.82, 2.24) is 5.32 Å². The second-order valence-corrected chi connectivity index (χ2v) is 7.62. The van der Waals surface area contributed by atoms with Crippen molar-refractivity contribution >= 4 is 15.7 Å². The maximum Gasteiger partial charge on any atom is 0.232 e. The zero-order valence-corrected chi connectivity index (χ0v) is 13.0. The van der Waals surface area contributed by atoms with Gasteiger partial charge in [0, 0.05) is 5.69 Å². The molecular weight excluding hydrogens is 272 g/mol. The normalized spacial score (nSPS) is 17.4. The minimum Gasteiger partial charge on any atom is -0.317 e. The van der Waals surface area contributed by atoms with E-state index in [1.54, 1.807) is 0 Å². The van der Waals surface area contributed by atoms with Gasteiger partial charge in [0.2, 0.25) is 10.0 Å². The molecule has 0 unspecified atom stereocenters. The quantitative estimate of drug-likeness (QED) is 0.878. The van der Waals surface area contributed by atoms with Crippen molar-refractivity contribution in [2.45, 2.75) is 32.6 Å². The Balaban J connectivity index is 2.02. The Morgan fingerprint density at radius 1 is 1.30 bits per heavy atom. The van der Waals surface area contributed by atoms with Crippen molar-refractivity contribution in [3.8, 4) is 0 Å². The van der Waals surface area contributed by atoms with Gasteiger partial charge in [-0.3, -0.25) is 4.72 Å². The second-order valence-electron chi connectivity index (χ2n) is 5.86. The average Bonchev–Trinajstić information content (AvgIpc) is 2.39. The first kappa shape index (κ1) is 15.3. The predicted molar refractivity (Wildman–Crippen MR) is 83.5 cm³/mol. The van der Waals surface area contributed by atoms with E-state index in [-0.39, 0.29) is 11.7 Å². The van der Waals surface area contributed by atoms with E-state index >= 15 is 0 Å². The number of nitrogens with one attached hydrogen (secondary N) is 2. The second kappa shape index (κ2) is 6.59. The third kappa shape index (κ3) is 4.49. The molecule has 0 atom stereocenters. The van der Waals surface area contributed by atoms with Gasteiger partial charge in [0.05, 0.1) is 5.75 Å². The number of piperidine rings is 1. The first-order valence-corrected chi connectivity index (χ1v) is 8.92. The van der Waals surface area contributed by atoms with E-state index < -0.39 is 10.0 Å². The smallest absolute Gasteiger partial charge is 0.232 e. The van der Waals surface area contributed by atoms with Gasteiger partial charge in [-0.25, -0.2) is 8.42 Å². The lowest BCUT2D eigenvalue weighted by Gasteiger charge is -2.22. The zero-order chi connectivity index (χ0) is 14.6. The molecule has 1 aromatic carbocycles. The Morgan fingerprint density at radius 3 is 2.65 bits per heavy atom. The van der Waals surface area contributed by atoms with Crippen molar-refractivity contribution in [2.75, 3.05) is 23.6 Å². The van der Waals surface area contributed by atoms with Gasteiger partial charge in [-0.2, -0.15) is 0 Å². The topological polar surface area (TPSA) is 58.2 Å². The van der Waals surface area contributed by atoms with E-state index in [1.807, 2.05) is 24.3 Å². The summed E-state index contributed by atoms with van der Waals surface area (Å²) in [6, 6.07) is 7.66. The lowest BCUT2D eigenvalue weighted by molar-refractivity contribution is 0.402. The van der Waals surface area contributed by atoms with E-state index in [2.05, 4.69) is 23.9 Å². The van der Waals surface area contributed by atoms with Crippen LogP contribution in [0.5, 0.6) is 0 Å². The molecule has 1 aliphatic heterocycles. The molecule has 1 aromatic rings. The standard InChI is InChI=1S/C15H24N2O2S/c1-12(2)14-4-3-5-15(10-14)17-20(18,19)11-13-6-8-16-9-7-13/h3-5,10,12-13,16-17H,6-9,11H2,1-2H3. The van der Waals surface area contributed by atoms with Crippen molar-refractivity contribution in [1.29, 1.82) is 0 Å². The Labute approximate surface area is 122 Å². The highest BCUT2D eigenvalue weighted by atomic mass is 32.2. The highest BCUT2D eigenvalue weighted by Gasteiger charge is 2.21. The van der Waals surface area contributed by atoms with Gasteiger partial charge in [-0.05, 0) is 55.5 Å². The van der Waals surface area contributed by atoms with Crippen molar-refractivity contribution in [3.63, 3.8) is 0 Å². The molecule has 0 spiro atoms. The lowest BCUT2D eigenvalue weighted by atomic mass is 10.0. The molecule has 1 saturated heterocycles. The average molecular weight is 296 g/mol. The van der Waals surface area contributed by atoms with Crippen LogP contribution in [0, 0.1) is 5.92 Å². The summed E-state index contributed by atoms with van der Waals surface area (Å²) in [5.74, 6) is 0.881. The SMILES string of the molecule is CC(C)c1cccc(NS(=O)(=O)CC2CCNCC2)c1. The maximum absolute atomic E-state index is 12.2. The molecule has 2 rings (SSSR count). The Bertz CT molecular complexity index is 535. The van der Waals surface area contributed by atoms with Gasteiger partial charge < -0.3 is 5.32 Å². The molecule has 1 fully saturated rings. The number of hydrogen-bond donors (Lipinski definition) is 2. The summed E-state index contributed by atoms with van der Waals surface area (Å²) in [6.45, 7) is 6.04. The molecule has 20 heavy (non-hydrogen) atoms. The fraction of sp³-hybridized carbons (Fsp3) is 0.600. The van der Waals surface area contributed by atoms with Crippen LogP contribution < -0.4 is 10.0 Å². The summed E-state index contributed by atoms with van der Waals surface area (Å²) in [4.78, 5) is 0. The van der Waals surface area contributed by atoms with Crippen molar-refractivity contribution < 1.29 is 8.42 Å². The molecule has 0 aromatic heterocycles. The predicted octanol–water partition coefficient (Wildman–Crippen LogP) is 2.55. The number of sulfonamides is 1. The van der Waals surface area contributed by atoms with Crippen LogP contribution >= 0.6 is 0 Å². The summed E-state index contributed by atoms with van der Waals surface area (Å²) in [6.07, 6.45) is 1.87. The minimum absolute atomic E-state index is 0.223. The van der Waals surface area contributed by atoms with Crippen LogP contribution in [0.4, 0.5) is 5.69 Å². The molecule has 1 aliphatic rings. The largest absolute Gasteiger partial charge is 0.317 e. The van der Waals surface area contributed by atoms with Gasteiger partial charge in [-0.15, -0.1) is 0 Å². The third-order valence-corrected chi connectivity index (χ3v) is 5.20. The first-order chi connectivity index (χ1) is 9.46. The van der Waals surface area contributed by atoms with Gasteiger partial charge in [0.1, 0.15) is 0 Å². The van der Waals surface area contributed by atoms with Gasteiger partial charge in [0.15, 0.2) is 0 Å². The number of hydrogen-bond acceptors (Lipinski definition) is 3. The van der Waals surface area contributed by atoms with Crippen LogP contribution in [0.25, 0.3) is 0 Å². The monoisotopic (exact) mass is 296 g/mol. The van der Waals surface area contributed by atoms with E-state index in [4.69, 9.17) is 0 Å². The lowest BCUT2D eigenvalue weighted by Crippen LogP contribution is -2.33. The summed E-state index contributed by atoms with van der Waals surface area (Å²) in [7, 11) is -3.25. The highest BCUT2D eigenvalue weighted by molar-refractivity contribution is 7.92. The number of anilines is 1. The van der Waals surface area contributed by atoms with Gasteiger partial charge in [-0.1, -0.05) is 26.0 Å². The maximum atomic E-state index is 12.2. The summed E-state index contributed by atoms with van der Waals surface area (Å²) in [5.41, 5.74) is 1.82. The van der Waals surface area contributed by atoms with Crippen molar-refractivity contribution in [2.24, 2.45) is 5.92 Å². The van der Waals surface area contributed by atoms with Crippen LogP contribution in [0.1, 0.15) is 38.2 Å². The van der Waals surface area contributed by atoms with Crippen LogP contribution in [0.3, 0.4) is 0 Å². The molecule has 0 bridgehead atoms. The fourth-order valence-electron chi connectivity index (χ4n) is 2.54. The molecular formula is C15H24N2O2S. The molecule has 112 valence electrons. The molecule has 2 N–H and O–H groups in total. The Morgan fingerprint density at radius 2 is 2.00 bits per heavy atom. The zero-order valence-electron chi connectivity index (χ0n) is 12.2. The molecule has 5 heteroatoms. The van der Waals surface area contributed by atoms with E-state index in [0.717, 1.165) is 31.5 Å². The van der Waals surface area contributed by atoms with E-state index in [0.29, 0.717) is 11.6 Å². The molecule has 1 heterocycles. The van der Waals surface area contributed by atoms with E-state index in [9.17, 15) is 8.42 Å². The van der Waals surface area contributed by atoms with Crippen LogP contribution in [-0.4, -0.2) is 27.3 Å². The van der Waals surface area contributed by atoms with Gasteiger partial charge >= 0.3 is 0 Å².